The zero-order chi connectivity index (χ0) is 28.7. The lowest BCUT2D eigenvalue weighted by Crippen LogP contribution is -2.45. The second kappa shape index (κ2) is 14.1. The fourth-order valence-electron chi connectivity index (χ4n) is 5.73. The summed E-state index contributed by atoms with van der Waals surface area (Å²) >= 11 is 0. The minimum Gasteiger partial charge on any atom is -0.392 e. The second-order valence-electron chi connectivity index (χ2n) is 11.3. The summed E-state index contributed by atoms with van der Waals surface area (Å²) in [5.74, 6) is 0.142. The summed E-state index contributed by atoms with van der Waals surface area (Å²) in [6.45, 7) is 5.48. The van der Waals surface area contributed by atoms with Crippen LogP contribution >= 0.6 is 0 Å². The molecule has 0 unspecified atom stereocenters. The van der Waals surface area contributed by atoms with Gasteiger partial charge in [-0.05, 0) is 54.8 Å². The Bertz CT molecular complexity index is 1320. The fraction of sp³-hybridized carbons (Fsp3) is 0.455. The highest BCUT2D eigenvalue weighted by molar-refractivity contribution is 7.89. The molecule has 0 amide bonds. The van der Waals surface area contributed by atoms with Crippen molar-refractivity contribution in [3.05, 3.63) is 101 Å². The molecule has 2 aliphatic rings. The normalized spacial score (nSPS) is 24.4. The Morgan fingerprint density at radius 3 is 2.07 bits per heavy atom. The van der Waals surface area contributed by atoms with E-state index in [0.717, 1.165) is 41.9 Å². The van der Waals surface area contributed by atoms with Crippen LogP contribution in [0.15, 0.2) is 83.8 Å². The smallest absolute Gasteiger partial charge is 0.240 e. The summed E-state index contributed by atoms with van der Waals surface area (Å²) in [5, 5.41) is 9.52. The third-order valence-electron chi connectivity index (χ3n) is 8.28. The van der Waals surface area contributed by atoms with E-state index in [2.05, 4.69) is 16.5 Å². The van der Waals surface area contributed by atoms with Crippen molar-refractivity contribution in [2.45, 2.75) is 75.6 Å². The Balaban J connectivity index is 1.31. The van der Waals surface area contributed by atoms with Crippen LogP contribution in [0.25, 0.3) is 0 Å². The van der Waals surface area contributed by atoms with Crippen LogP contribution in [0.1, 0.15) is 73.7 Å². The van der Waals surface area contributed by atoms with Gasteiger partial charge in [0.2, 0.25) is 10.0 Å². The van der Waals surface area contributed by atoms with Gasteiger partial charge >= 0.3 is 0 Å². The van der Waals surface area contributed by atoms with E-state index in [-0.39, 0.29) is 36.2 Å². The molecule has 8 heteroatoms. The number of ether oxygens (including phenoxy) is 2. The zero-order valence-electron chi connectivity index (χ0n) is 23.8. The minimum absolute atomic E-state index is 0.00643. The SMILES string of the molecule is C[C@H]1[C@@H](CN2CCCCCCC2)O[C@@H](c2ccc(CNS(=O)(=O)c3ccccc3)cc2)O[C@H]1c1ccc(CO)cc1. The van der Waals surface area contributed by atoms with Gasteiger partial charge in [-0.25, -0.2) is 13.1 Å². The maximum Gasteiger partial charge on any atom is 0.240 e. The van der Waals surface area contributed by atoms with Crippen molar-refractivity contribution >= 4 is 10.0 Å². The first kappa shape index (κ1) is 29.9. The van der Waals surface area contributed by atoms with E-state index < -0.39 is 16.3 Å². The predicted octanol–water partition coefficient (Wildman–Crippen LogP) is 5.71. The molecule has 2 aliphatic heterocycles. The van der Waals surface area contributed by atoms with Gasteiger partial charge in [0.15, 0.2) is 6.29 Å². The number of rotatable bonds is 9. The number of sulfonamides is 1. The van der Waals surface area contributed by atoms with Crippen LogP contribution in [-0.2, 0) is 32.6 Å². The number of hydrogen-bond acceptors (Lipinski definition) is 6. The van der Waals surface area contributed by atoms with Crippen molar-refractivity contribution in [1.29, 1.82) is 0 Å². The summed E-state index contributed by atoms with van der Waals surface area (Å²) in [4.78, 5) is 2.80. The van der Waals surface area contributed by atoms with Gasteiger partial charge in [0.1, 0.15) is 0 Å². The summed E-state index contributed by atoms with van der Waals surface area (Å²) in [6, 6.07) is 24.2. The lowest BCUT2D eigenvalue weighted by Gasteiger charge is -2.43. The summed E-state index contributed by atoms with van der Waals surface area (Å²) in [5.41, 5.74) is 3.71. The minimum atomic E-state index is -3.58. The van der Waals surface area contributed by atoms with Gasteiger partial charge < -0.3 is 19.5 Å². The van der Waals surface area contributed by atoms with Crippen LogP contribution in [-0.4, -0.2) is 44.2 Å². The molecule has 0 radical (unpaired) electrons. The van der Waals surface area contributed by atoms with E-state index in [4.69, 9.17) is 9.47 Å². The van der Waals surface area contributed by atoms with Crippen molar-refractivity contribution in [2.24, 2.45) is 5.92 Å². The number of benzene rings is 3. The van der Waals surface area contributed by atoms with Crippen LogP contribution in [0.2, 0.25) is 0 Å². The van der Waals surface area contributed by atoms with E-state index in [0.29, 0.717) is 0 Å². The standard InChI is InChI=1S/C33H42N2O5S/c1-25-31(23-35-20-8-3-2-4-9-21-35)39-33(40-32(25)28-16-14-27(24-36)15-17-28)29-18-12-26(13-19-29)22-34-41(37,38)30-10-6-5-7-11-30/h5-7,10-19,25,31-34,36H,2-4,8-9,20-24H2,1H3/t25-,31+,32+,33+/m0/s1. The number of aliphatic hydroxyl groups is 1. The van der Waals surface area contributed by atoms with Crippen LogP contribution in [0.3, 0.4) is 0 Å². The first-order chi connectivity index (χ1) is 19.9. The van der Waals surface area contributed by atoms with Gasteiger partial charge in [0, 0.05) is 24.6 Å². The monoisotopic (exact) mass is 578 g/mol. The molecule has 2 heterocycles. The van der Waals surface area contributed by atoms with E-state index in [1.807, 2.05) is 48.5 Å². The number of nitrogens with one attached hydrogen (secondary N) is 1. The highest BCUT2D eigenvalue weighted by Crippen LogP contribution is 2.42. The highest BCUT2D eigenvalue weighted by Gasteiger charge is 2.39. The van der Waals surface area contributed by atoms with Gasteiger partial charge in [-0.1, -0.05) is 92.9 Å². The topological polar surface area (TPSA) is 88.1 Å². The Hall–Kier alpha value is -2.59. The number of likely N-dealkylation sites (tertiary alicyclic amines) is 1. The van der Waals surface area contributed by atoms with Gasteiger partial charge in [-0.3, -0.25) is 0 Å². The molecule has 0 aliphatic carbocycles. The van der Waals surface area contributed by atoms with Crippen molar-refractivity contribution in [2.75, 3.05) is 19.6 Å². The molecule has 2 N–H and O–H groups in total. The van der Waals surface area contributed by atoms with Gasteiger partial charge in [-0.15, -0.1) is 0 Å². The highest BCUT2D eigenvalue weighted by atomic mass is 32.2. The van der Waals surface area contributed by atoms with Crippen molar-refractivity contribution in [3.63, 3.8) is 0 Å². The molecular weight excluding hydrogens is 536 g/mol. The molecule has 4 atom stereocenters. The van der Waals surface area contributed by atoms with Gasteiger partial charge in [0.25, 0.3) is 0 Å². The summed E-state index contributed by atoms with van der Waals surface area (Å²) in [7, 11) is -3.58. The molecule has 41 heavy (non-hydrogen) atoms. The largest absolute Gasteiger partial charge is 0.392 e. The molecule has 0 saturated carbocycles. The Morgan fingerprint density at radius 2 is 1.41 bits per heavy atom. The molecule has 0 spiro atoms. The lowest BCUT2D eigenvalue weighted by atomic mass is 9.89. The average Bonchev–Trinajstić information content (AvgIpc) is 2.99. The molecule has 3 aromatic carbocycles. The van der Waals surface area contributed by atoms with E-state index in [9.17, 15) is 13.5 Å². The third-order valence-corrected chi connectivity index (χ3v) is 9.70. The molecule has 0 bridgehead atoms. The first-order valence-electron chi connectivity index (χ1n) is 14.8. The van der Waals surface area contributed by atoms with Gasteiger partial charge in [0.05, 0.1) is 23.7 Å². The maximum atomic E-state index is 12.6. The van der Waals surface area contributed by atoms with Crippen LogP contribution in [0.5, 0.6) is 0 Å². The fourth-order valence-corrected chi connectivity index (χ4v) is 6.77. The van der Waals surface area contributed by atoms with Crippen molar-refractivity contribution in [3.8, 4) is 0 Å². The number of nitrogens with zero attached hydrogens (tertiary/aromatic N) is 1. The van der Waals surface area contributed by atoms with Crippen LogP contribution < -0.4 is 4.72 Å². The molecule has 5 rings (SSSR count). The summed E-state index contributed by atoms with van der Waals surface area (Å²) in [6.07, 6.45) is 5.66. The summed E-state index contributed by atoms with van der Waals surface area (Å²) < 4.78 is 41.2. The van der Waals surface area contributed by atoms with Crippen molar-refractivity contribution < 1.29 is 23.0 Å². The van der Waals surface area contributed by atoms with Crippen molar-refractivity contribution in [1.82, 2.24) is 9.62 Å². The Labute approximate surface area is 244 Å². The molecule has 220 valence electrons. The molecule has 2 fully saturated rings. The number of hydrogen-bond donors (Lipinski definition) is 2. The quantitative estimate of drug-likeness (QED) is 0.338. The van der Waals surface area contributed by atoms with Crippen LogP contribution in [0.4, 0.5) is 0 Å². The van der Waals surface area contributed by atoms with E-state index in [1.54, 1.807) is 30.3 Å². The Morgan fingerprint density at radius 1 is 0.805 bits per heavy atom. The van der Waals surface area contributed by atoms with Gasteiger partial charge in [-0.2, -0.15) is 0 Å². The third kappa shape index (κ3) is 7.83. The number of aliphatic hydroxyl groups excluding tert-OH is 1. The first-order valence-corrected chi connectivity index (χ1v) is 16.3. The second-order valence-corrected chi connectivity index (χ2v) is 13.0. The van der Waals surface area contributed by atoms with E-state index >= 15 is 0 Å². The predicted molar refractivity (Wildman–Crippen MR) is 159 cm³/mol. The molecule has 2 saturated heterocycles. The molecule has 7 nitrogen and oxygen atoms in total. The Kier molecular flexibility index (Phi) is 10.2. The molecular formula is C33H42N2O5S. The average molecular weight is 579 g/mol. The molecule has 0 aromatic heterocycles. The van der Waals surface area contributed by atoms with Crippen LogP contribution in [0, 0.1) is 5.92 Å². The van der Waals surface area contributed by atoms with E-state index in [1.165, 1.54) is 32.1 Å². The maximum absolute atomic E-state index is 12.6. The lowest BCUT2D eigenvalue weighted by molar-refractivity contribution is -0.276. The molecule has 3 aromatic rings. The zero-order valence-corrected chi connectivity index (χ0v) is 24.6.